The number of carbonyl (C=O) groups is 1. The average molecular weight is 422 g/mol. The predicted molar refractivity (Wildman–Crippen MR) is 120 cm³/mol. The Hall–Kier alpha value is -3.68. The van der Waals surface area contributed by atoms with Gasteiger partial charge in [-0.1, -0.05) is 32.0 Å². The number of nitrogens with one attached hydrogen (secondary N) is 1. The van der Waals surface area contributed by atoms with Crippen LogP contribution in [0.25, 0.3) is 10.8 Å². The first-order valence-electron chi connectivity index (χ1n) is 10.2. The number of methoxy groups -OCH3 is 1. The maximum Gasteiger partial charge on any atom is 0.292 e. The molecule has 0 atom stereocenters. The molecule has 1 heterocycles. The number of amides is 1. The van der Waals surface area contributed by atoms with Crippen molar-refractivity contribution in [3.63, 3.8) is 0 Å². The van der Waals surface area contributed by atoms with Crippen LogP contribution in [0.5, 0.6) is 11.5 Å². The normalized spacial score (nSPS) is 11.1. The van der Waals surface area contributed by atoms with Gasteiger partial charge >= 0.3 is 0 Å². The molecule has 8 heteroatoms. The molecule has 0 spiro atoms. The first-order valence-corrected chi connectivity index (χ1v) is 10.2. The number of fused-ring (bicyclic) bond motifs is 1. The summed E-state index contributed by atoms with van der Waals surface area (Å²) in [5, 5.41) is 9.25. The summed E-state index contributed by atoms with van der Waals surface area (Å²) in [4.78, 5) is 25.3. The molecule has 0 unspecified atom stereocenters. The van der Waals surface area contributed by atoms with E-state index in [9.17, 15) is 9.59 Å². The van der Waals surface area contributed by atoms with E-state index < -0.39 is 5.91 Å². The van der Waals surface area contributed by atoms with Crippen molar-refractivity contribution in [1.29, 1.82) is 0 Å². The fourth-order valence-corrected chi connectivity index (χ4v) is 3.08. The molecule has 8 nitrogen and oxygen atoms in total. The summed E-state index contributed by atoms with van der Waals surface area (Å²) in [5.74, 6) is 0.745. The van der Waals surface area contributed by atoms with Gasteiger partial charge in [0, 0.05) is 11.9 Å². The van der Waals surface area contributed by atoms with Crippen molar-refractivity contribution in [2.75, 3.05) is 13.7 Å². The number of hydrazone groups is 1. The van der Waals surface area contributed by atoms with Crippen LogP contribution in [-0.4, -0.2) is 35.6 Å². The van der Waals surface area contributed by atoms with E-state index in [2.05, 4.69) is 15.6 Å². The maximum atomic E-state index is 12.8. The van der Waals surface area contributed by atoms with Crippen LogP contribution in [0.3, 0.4) is 0 Å². The Bertz CT molecular complexity index is 1150. The number of rotatable bonds is 9. The van der Waals surface area contributed by atoms with Gasteiger partial charge in [-0.15, -0.1) is 0 Å². The third-order valence-electron chi connectivity index (χ3n) is 4.55. The number of hydrogen-bond donors (Lipinski definition) is 1. The number of ether oxygens (including phenoxy) is 2. The maximum absolute atomic E-state index is 12.8. The molecule has 3 rings (SSSR count). The SMILES string of the molecule is CCCOc1ccc(/C=N\NC(=O)c2nn(CCC)c(=O)c3ccccc23)cc1OC. The van der Waals surface area contributed by atoms with E-state index in [-0.39, 0.29) is 11.3 Å². The second kappa shape index (κ2) is 10.4. The Kier molecular flexibility index (Phi) is 7.37. The molecule has 1 aromatic heterocycles. The third kappa shape index (κ3) is 5.09. The zero-order valence-electron chi connectivity index (χ0n) is 17.9. The summed E-state index contributed by atoms with van der Waals surface area (Å²) in [6.07, 6.45) is 3.13. The highest BCUT2D eigenvalue weighted by molar-refractivity contribution is 6.05. The molecule has 1 amide bonds. The number of aryl methyl sites for hydroxylation is 1. The van der Waals surface area contributed by atoms with Crippen molar-refractivity contribution in [3.8, 4) is 11.5 Å². The summed E-state index contributed by atoms with van der Waals surface area (Å²) < 4.78 is 12.3. The molecule has 162 valence electrons. The van der Waals surface area contributed by atoms with E-state index >= 15 is 0 Å². The smallest absolute Gasteiger partial charge is 0.292 e. The molecular formula is C23H26N4O4. The molecule has 0 fully saturated rings. The van der Waals surface area contributed by atoms with Crippen LogP contribution in [-0.2, 0) is 6.54 Å². The van der Waals surface area contributed by atoms with E-state index in [1.165, 1.54) is 10.9 Å². The number of hydrogen-bond acceptors (Lipinski definition) is 6. The minimum Gasteiger partial charge on any atom is -0.493 e. The average Bonchev–Trinajstić information content (AvgIpc) is 2.80. The lowest BCUT2D eigenvalue weighted by atomic mass is 10.1. The molecule has 0 bridgehead atoms. The van der Waals surface area contributed by atoms with Gasteiger partial charge in [-0.25, -0.2) is 10.1 Å². The van der Waals surface area contributed by atoms with Gasteiger partial charge in [0.2, 0.25) is 0 Å². The monoisotopic (exact) mass is 422 g/mol. The minimum absolute atomic E-state index is 0.154. The molecule has 1 N–H and O–H groups in total. The third-order valence-corrected chi connectivity index (χ3v) is 4.55. The fourth-order valence-electron chi connectivity index (χ4n) is 3.08. The van der Waals surface area contributed by atoms with Crippen molar-refractivity contribution < 1.29 is 14.3 Å². The molecular weight excluding hydrogens is 396 g/mol. The van der Waals surface area contributed by atoms with Gasteiger partial charge < -0.3 is 9.47 Å². The largest absolute Gasteiger partial charge is 0.493 e. The highest BCUT2D eigenvalue weighted by Crippen LogP contribution is 2.27. The molecule has 31 heavy (non-hydrogen) atoms. The molecule has 0 aliphatic heterocycles. The van der Waals surface area contributed by atoms with E-state index in [0.717, 1.165) is 18.4 Å². The summed E-state index contributed by atoms with van der Waals surface area (Å²) >= 11 is 0. The summed E-state index contributed by atoms with van der Waals surface area (Å²) in [5.41, 5.74) is 3.17. The molecule has 3 aromatic rings. The van der Waals surface area contributed by atoms with E-state index in [1.54, 1.807) is 43.5 Å². The first-order chi connectivity index (χ1) is 15.1. The summed E-state index contributed by atoms with van der Waals surface area (Å²) in [6.45, 7) is 5.00. The van der Waals surface area contributed by atoms with Crippen molar-refractivity contribution in [2.24, 2.45) is 5.10 Å². The zero-order valence-corrected chi connectivity index (χ0v) is 17.9. The molecule has 0 saturated heterocycles. The fraction of sp³-hybridized carbons (Fsp3) is 0.304. The van der Waals surface area contributed by atoms with Crippen LogP contribution >= 0.6 is 0 Å². The Morgan fingerprint density at radius 3 is 2.61 bits per heavy atom. The number of nitrogens with zero attached hydrogens (tertiary/aromatic N) is 3. The quantitative estimate of drug-likeness (QED) is 0.421. The lowest BCUT2D eigenvalue weighted by Crippen LogP contribution is -2.29. The summed E-state index contributed by atoms with van der Waals surface area (Å²) in [7, 11) is 1.57. The molecule has 0 saturated carbocycles. The molecule has 0 aliphatic carbocycles. The van der Waals surface area contributed by atoms with Crippen LogP contribution in [0.4, 0.5) is 0 Å². The van der Waals surface area contributed by atoms with E-state index in [0.29, 0.717) is 35.4 Å². The van der Waals surface area contributed by atoms with E-state index in [4.69, 9.17) is 9.47 Å². The van der Waals surface area contributed by atoms with E-state index in [1.807, 2.05) is 19.9 Å². The van der Waals surface area contributed by atoms with Crippen molar-refractivity contribution in [1.82, 2.24) is 15.2 Å². The second-order valence-electron chi connectivity index (χ2n) is 6.88. The van der Waals surface area contributed by atoms with Crippen LogP contribution in [0, 0.1) is 0 Å². The van der Waals surface area contributed by atoms with Gasteiger partial charge in [0.05, 0.1) is 25.3 Å². The van der Waals surface area contributed by atoms with Gasteiger partial charge in [0.25, 0.3) is 11.5 Å². The van der Waals surface area contributed by atoms with Gasteiger partial charge in [0.15, 0.2) is 17.2 Å². The lowest BCUT2D eigenvalue weighted by molar-refractivity contribution is 0.0949. The zero-order chi connectivity index (χ0) is 22.2. The van der Waals surface area contributed by atoms with Crippen LogP contribution in [0.1, 0.15) is 42.7 Å². The Morgan fingerprint density at radius 1 is 1.13 bits per heavy atom. The Morgan fingerprint density at radius 2 is 1.90 bits per heavy atom. The molecule has 0 aliphatic rings. The van der Waals surface area contributed by atoms with Gasteiger partial charge in [-0.2, -0.15) is 10.2 Å². The van der Waals surface area contributed by atoms with Crippen LogP contribution in [0.2, 0.25) is 0 Å². The lowest BCUT2D eigenvalue weighted by Gasteiger charge is -2.10. The van der Waals surface area contributed by atoms with Crippen molar-refractivity contribution in [3.05, 3.63) is 64.1 Å². The molecule has 0 radical (unpaired) electrons. The van der Waals surface area contributed by atoms with Gasteiger partial charge in [-0.05, 0) is 42.7 Å². The van der Waals surface area contributed by atoms with Gasteiger partial charge in [-0.3, -0.25) is 9.59 Å². The van der Waals surface area contributed by atoms with Gasteiger partial charge in [0.1, 0.15) is 0 Å². The standard InChI is InChI=1S/C23H26N4O4/c1-4-12-27-23(29)18-9-7-6-8-17(18)21(26-27)22(28)25-24-15-16-10-11-19(31-13-5-2)20(14-16)30-3/h6-11,14-15H,4-5,12-13H2,1-3H3,(H,25,28)/b24-15-. The highest BCUT2D eigenvalue weighted by atomic mass is 16.5. The van der Waals surface area contributed by atoms with Crippen molar-refractivity contribution >= 4 is 22.9 Å². The van der Waals surface area contributed by atoms with Crippen LogP contribution < -0.4 is 20.5 Å². The first kappa shape index (κ1) is 22.0. The predicted octanol–water partition coefficient (Wildman–Crippen LogP) is 3.37. The minimum atomic E-state index is -0.493. The van der Waals surface area contributed by atoms with Crippen molar-refractivity contribution in [2.45, 2.75) is 33.2 Å². The summed E-state index contributed by atoms with van der Waals surface area (Å²) in [6, 6.07) is 12.3. The highest BCUT2D eigenvalue weighted by Gasteiger charge is 2.16. The Labute approximate surface area is 180 Å². The number of benzene rings is 2. The second-order valence-corrected chi connectivity index (χ2v) is 6.88. The number of aromatic nitrogens is 2. The Balaban J connectivity index is 1.82. The number of carbonyl (C=O) groups excluding carboxylic acids is 1. The van der Waals surface area contributed by atoms with Crippen LogP contribution in [0.15, 0.2) is 52.4 Å². The molecule has 2 aromatic carbocycles. The topological polar surface area (TPSA) is 94.8 Å².